The molecule has 0 bridgehead atoms. The summed E-state index contributed by atoms with van der Waals surface area (Å²) in [6, 6.07) is 21.1. The largest absolute Gasteiger partial charge is 0.444 e. The fourth-order valence-corrected chi connectivity index (χ4v) is 4.55. The summed E-state index contributed by atoms with van der Waals surface area (Å²) >= 11 is 1.17. The lowest BCUT2D eigenvalue weighted by molar-refractivity contribution is 0.0636. The van der Waals surface area contributed by atoms with Crippen LogP contribution in [-0.4, -0.2) is 22.0 Å². The van der Waals surface area contributed by atoms with Gasteiger partial charge in [-0.05, 0) is 39.0 Å². The minimum absolute atomic E-state index is 0.229. The quantitative estimate of drug-likeness (QED) is 0.412. The number of pyridine rings is 1. The molecular weight excluding hydrogens is 424 g/mol. The first kappa shape index (κ1) is 21.5. The van der Waals surface area contributed by atoms with Crippen molar-refractivity contribution in [3.05, 3.63) is 94.3 Å². The van der Waals surface area contributed by atoms with E-state index in [1.807, 2.05) is 36.4 Å². The molecule has 0 radical (unpaired) electrons. The average molecular weight is 447 g/mol. The molecule has 0 atom stereocenters. The van der Waals surface area contributed by atoms with Crippen LogP contribution in [0.15, 0.2) is 77.6 Å². The van der Waals surface area contributed by atoms with Crippen molar-refractivity contribution in [2.45, 2.75) is 26.4 Å². The lowest BCUT2D eigenvalue weighted by Crippen LogP contribution is -2.27. The number of nitrogens with zero attached hydrogens (tertiary/aromatic N) is 1. The molecule has 0 aliphatic carbocycles. The second-order valence-electron chi connectivity index (χ2n) is 8.19. The second kappa shape index (κ2) is 8.43. The van der Waals surface area contributed by atoms with E-state index in [4.69, 9.17) is 4.74 Å². The lowest BCUT2D eigenvalue weighted by Gasteiger charge is -2.19. The highest BCUT2D eigenvalue weighted by atomic mass is 32.1. The molecule has 4 rings (SSSR count). The Hall–Kier alpha value is -3.71. The monoisotopic (exact) mass is 446 g/mol. The molecule has 1 amide bonds. The van der Waals surface area contributed by atoms with Crippen LogP contribution in [0.2, 0.25) is 0 Å². The van der Waals surface area contributed by atoms with E-state index in [0.717, 1.165) is 0 Å². The molecule has 0 aliphatic rings. The fourth-order valence-electron chi connectivity index (χ4n) is 3.35. The van der Waals surface area contributed by atoms with Crippen molar-refractivity contribution in [1.29, 1.82) is 0 Å². The van der Waals surface area contributed by atoms with Crippen molar-refractivity contribution in [3.8, 4) is 5.69 Å². The van der Waals surface area contributed by atoms with E-state index in [0.29, 0.717) is 32.0 Å². The number of amides is 1. The molecule has 0 aliphatic heterocycles. The summed E-state index contributed by atoms with van der Waals surface area (Å²) in [4.78, 5) is 39.3. The Balaban J connectivity index is 1.93. The molecule has 0 saturated heterocycles. The Morgan fingerprint density at radius 3 is 2.16 bits per heavy atom. The van der Waals surface area contributed by atoms with E-state index < -0.39 is 11.7 Å². The van der Waals surface area contributed by atoms with E-state index in [-0.39, 0.29) is 11.3 Å². The zero-order valence-electron chi connectivity index (χ0n) is 17.9. The van der Waals surface area contributed by atoms with Gasteiger partial charge >= 0.3 is 6.09 Å². The maximum atomic E-state index is 13.5. The van der Waals surface area contributed by atoms with Crippen LogP contribution in [-0.2, 0) is 4.74 Å². The van der Waals surface area contributed by atoms with E-state index in [2.05, 4.69) is 5.32 Å². The van der Waals surface area contributed by atoms with Crippen molar-refractivity contribution in [1.82, 2.24) is 4.57 Å². The van der Waals surface area contributed by atoms with Crippen LogP contribution in [0.4, 0.5) is 9.80 Å². The number of hydrogen-bond acceptors (Lipinski definition) is 5. The first-order valence-corrected chi connectivity index (χ1v) is 10.9. The van der Waals surface area contributed by atoms with Crippen LogP contribution in [0, 0.1) is 0 Å². The molecule has 162 valence electrons. The molecule has 1 N–H and O–H groups in total. The molecule has 2 heterocycles. The summed E-state index contributed by atoms with van der Waals surface area (Å²) in [7, 11) is 0. The van der Waals surface area contributed by atoms with Gasteiger partial charge in [0.1, 0.15) is 15.4 Å². The number of anilines is 1. The summed E-state index contributed by atoms with van der Waals surface area (Å²) in [6.07, 6.45) is -0.667. The number of fused-ring (bicyclic) bond motifs is 1. The summed E-state index contributed by atoms with van der Waals surface area (Å²) in [5.41, 5.74) is 0.555. The Kier molecular flexibility index (Phi) is 5.67. The number of para-hydroxylation sites is 1. The number of carbonyl (C=O) groups is 2. The number of aromatic nitrogens is 1. The zero-order chi connectivity index (χ0) is 22.9. The average Bonchev–Trinajstić information content (AvgIpc) is 3.10. The highest BCUT2D eigenvalue weighted by Crippen LogP contribution is 2.37. The summed E-state index contributed by atoms with van der Waals surface area (Å²) in [6.45, 7) is 5.29. The topological polar surface area (TPSA) is 77.4 Å². The number of nitrogens with one attached hydrogen (secondary N) is 1. The molecule has 0 spiro atoms. The summed E-state index contributed by atoms with van der Waals surface area (Å²) in [5.74, 6) is -0.249. The van der Waals surface area contributed by atoms with Crippen molar-refractivity contribution in [3.63, 3.8) is 0 Å². The Bertz CT molecular complexity index is 1350. The Labute approximate surface area is 189 Å². The van der Waals surface area contributed by atoms with Crippen LogP contribution in [0.25, 0.3) is 15.9 Å². The molecule has 6 nitrogen and oxygen atoms in total. The molecule has 7 heteroatoms. The van der Waals surface area contributed by atoms with Crippen molar-refractivity contribution >= 4 is 38.4 Å². The molecule has 4 aromatic rings. The Morgan fingerprint density at radius 1 is 0.906 bits per heavy atom. The van der Waals surface area contributed by atoms with E-state index in [9.17, 15) is 14.4 Å². The van der Waals surface area contributed by atoms with E-state index in [1.54, 1.807) is 55.7 Å². The minimum atomic E-state index is -0.698. The van der Waals surface area contributed by atoms with Crippen molar-refractivity contribution < 1.29 is 14.3 Å². The number of carbonyl (C=O) groups excluding carboxylic acids is 2. The van der Waals surface area contributed by atoms with E-state index in [1.165, 1.54) is 17.4 Å². The van der Waals surface area contributed by atoms with Crippen LogP contribution in [0.5, 0.6) is 0 Å². The zero-order valence-corrected chi connectivity index (χ0v) is 18.7. The third-order valence-electron chi connectivity index (χ3n) is 4.63. The fraction of sp³-hybridized carbons (Fsp3) is 0.160. The predicted molar refractivity (Wildman–Crippen MR) is 127 cm³/mol. The van der Waals surface area contributed by atoms with Gasteiger partial charge in [0.2, 0.25) is 0 Å². The van der Waals surface area contributed by atoms with Crippen LogP contribution in [0.1, 0.15) is 36.7 Å². The van der Waals surface area contributed by atoms with Crippen molar-refractivity contribution in [2.24, 2.45) is 0 Å². The van der Waals surface area contributed by atoms with Gasteiger partial charge in [0, 0.05) is 17.0 Å². The van der Waals surface area contributed by atoms with Gasteiger partial charge in [0.05, 0.1) is 11.3 Å². The highest BCUT2D eigenvalue weighted by Gasteiger charge is 2.25. The minimum Gasteiger partial charge on any atom is -0.444 e. The third-order valence-corrected chi connectivity index (χ3v) is 5.74. The van der Waals surface area contributed by atoms with Gasteiger partial charge in [0.25, 0.3) is 5.56 Å². The first-order valence-electron chi connectivity index (χ1n) is 10.1. The normalized spacial score (nSPS) is 11.3. The smallest absolute Gasteiger partial charge is 0.412 e. The number of benzene rings is 2. The summed E-state index contributed by atoms with van der Waals surface area (Å²) < 4.78 is 6.94. The lowest BCUT2D eigenvalue weighted by atomic mass is 10.0. The van der Waals surface area contributed by atoms with Crippen molar-refractivity contribution in [2.75, 3.05) is 5.32 Å². The molecule has 0 unspecified atom stereocenters. The molecule has 2 aromatic carbocycles. The van der Waals surface area contributed by atoms with Gasteiger partial charge in [0.15, 0.2) is 5.78 Å². The van der Waals surface area contributed by atoms with Gasteiger partial charge in [-0.3, -0.25) is 19.5 Å². The van der Waals surface area contributed by atoms with Gasteiger partial charge in [-0.2, -0.15) is 0 Å². The number of rotatable bonds is 4. The molecular formula is C25H22N2O4S. The maximum Gasteiger partial charge on any atom is 0.412 e. The SMILES string of the molecule is CC(C)(C)OC(=O)Nc1sc2c(ccc(=O)n2-c2ccccc2)c1C(=O)c1ccccc1. The van der Waals surface area contributed by atoms with Gasteiger partial charge < -0.3 is 4.74 Å². The van der Waals surface area contributed by atoms with Gasteiger partial charge in [-0.25, -0.2) is 4.79 Å². The van der Waals surface area contributed by atoms with E-state index >= 15 is 0 Å². The molecule has 0 fully saturated rings. The van der Waals surface area contributed by atoms with Crippen LogP contribution >= 0.6 is 11.3 Å². The number of hydrogen-bond donors (Lipinski definition) is 1. The second-order valence-corrected chi connectivity index (χ2v) is 9.19. The Morgan fingerprint density at radius 2 is 1.53 bits per heavy atom. The first-order chi connectivity index (χ1) is 15.2. The third kappa shape index (κ3) is 4.33. The predicted octanol–water partition coefficient (Wildman–Crippen LogP) is 5.63. The highest BCUT2D eigenvalue weighted by molar-refractivity contribution is 7.23. The molecule has 0 saturated carbocycles. The van der Waals surface area contributed by atoms with Crippen LogP contribution < -0.4 is 10.9 Å². The van der Waals surface area contributed by atoms with Crippen LogP contribution in [0.3, 0.4) is 0 Å². The molecule has 2 aromatic heterocycles. The molecule has 32 heavy (non-hydrogen) atoms. The number of thiophene rings is 1. The number of ketones is 1. The maximum absolute atomic E-state index is 13.5. The number of ether oxygens (including phenoxy) is 1. The summed E-state index contributed by atoms with van der Waals surface area (Å²) in [5, 5.41) is 3.64. The standard InChI is InChI=1S/C25H22N2O4S/c1-25(2,3)31-24(30)26-22-20(21(29)16-10-6-4-7-11-16)18-14-15-19(28)27(23(18)32-22)17-12-8-5-9-13-17/h4-15H,1-3H3,(H,26,30). The van der Waals surface area contributed by atoms with Gasteiger partial charge in [-0.15, -0.1) is 0 Å². The van der Waals surface area contributed by atoms with Gasteiger partial charge in [-0.1, -0.05) is 59.9 Å².